The molecule has 1 saturated heterocycles. The largest absolute Gasteiger partial charge is 0.480 e. The van der Waals surface area contributed by atoms with Crippen molar-refractivity contribution in [1.29, 1.82) is 0 Å². The van der Waals surface area contributed by atoms with E-state index in [-0.39, 0.29) is 29.9 Å². The molecule has 0 bridgehead atoms. The van der Waals surface area contributed by atoms with E-state index >= 15 is 0 Å². The standard InChI is InChI=1S/C35H54N2O7S/c1-7-14-32(34(38)36-33(35(39)40)19-20-45(6,41)42)28(16-11-8-10-15-26(2)3)21-27(4)23-37-24-31(43-5)22-29(37)25-44-30-17-12-9-13-18-30/h7-8,10-11,14-16,21,29-31,33H,9,12-13,17-20,22-25H2,1-6H3,(H,36,38)(H,39,40)/b10-8-,14-7-,16-11+,27-21+,32-28+. The number of hydrogen-bond acceptors (Lipinski definition) is 7. The Balaban J connectivity index is 2.38. The predicted octanol–water partition coefficient (Wildman–Crippen LogP) is 5.33. The Morgan fingerprint density at radius 3 is 2.36 bits per heavy atom. The molecule has 3 atom stereocenters. The monoisotopic (exact) mass is 646 g/mol. The van der Waals surface area contributed by atoms with Crippen LogP contribution in [0.1, 0.15) is 72.6 Å². The number of methoxy groups -OCH3 is 1. The maximum absolute atomic E-state index is 13.5. The van der Waals surface area contributed by atoms with Crippen molar-refractivity contribution in [2.45, 2.75) is 96.9 Å². The zero-order valence-corrected chi connectivity index (χ0v) is 28.8. The summed E-state index contributed by atoms with van der Waals surface area (Å²) >= 11 is 0. The Morgan fingerprint density at radius 1 is 1.04 bits per heavy atom. The summed E-state index contributed by atoms with van der Waals surface area (Å²) < 4.78 is 35.4. The first-order chi connectivity index (χ1) is 21.3. The average Bonchev–Trinajstić information content (AvgIpc) is 3.37. The van der Waals surface area contributed by atoms with Crippen molar-refractivity contribution in [2.24, 2.45) is 0 Å². The van der Waals surface area contributed by atoms with Crippen LogP contribution in [-0.4, -0.2) is 93.4 Å². The number of nitrogens with zero attached hydrogens (tertiary/aromatic N) is 1. The number of aliphatic carboxylic acids is 1. The SMILES string of the molecule is C\C=C/C(C(=O)NC(CCS(C)(=O)=O)C(=O)O)=C(/C=C/C=C\C=C(C)C)\C=C(/C)CN1CC(OC)CC1COC1CCCCC1. The number of carbonyl (C=O) groups is 2. The summed E-state index contributed by atoms with van der Waals surface area (Å²) in [6.07, 6.45) is 22.9. The van der Waals surface area contributed by atoms with Gasteiger partial charge in [0.05, 0.1) is 24.6 Å². The van der Waals surface area contributed by atoms with Crippen LogP contribution < -0.4 is 5.32 Å². The Labute approximate surface area is 270 Å². The molecule has 2 fully saturated rings. The third-order valence-electron chi connectivity index (χ3n) is 7.95. The van der Waals surface area contributed by atoms with E-state index in [0.717, 1.165) is 43.2 Å². The van der Waals surface area contributed by atoms with Gasteiger partial charge in [-0.05, 0) is 59.0 Å². The van der Waals surface area contributed by atoms with Gasteiger partial charge in [-0.1, -0.05) is 79.0 Å². The third kappa shape index (κ3) is 14.9. The smallest absolute Gasteiger partial charge is 0.326 e. The number of allylic oxidation sites excluding steroid dienone is 9. The fraction of sp³-hybridized carbons (Fsp3) is 0.600. The van der Waals surface area contributed by atoms with Crippen LogP contribution in [0.25, 0.3) is 0 Å². The van der Waals surface area contributed by atoms with Gasteiger partial charge in [-0.2, -0.15) is 0 Å². The van der Waals surface area contributed by atoms with Crippen LogP contribution >= 0.6 is 0 Å². The van der Waals surface area contributed by atoms with E-state index in [1.807, 2.05) is 57.2 Å². The van der Waals surface area contributed by atoms with Crippen molar-refractivity contribution in [3.05, 3.63) is 70.9 Å². The van der Waals surface area contributed by atoms with E-state index < -0.39 is 27.8 Å². The first-order valence-electron chi connectivity index (χ1n) is 15.9. The summed E-state index contributed by atoms with van der Waals surface area (Å²) in [6.45, 7) is 9.90. The van der Waals surface area contributed by atoms with Crippen molar-refractivity contribution in [3.63, 3.8) is 0 Å². The zero-order chi connectivity index (χ0) is 33.4. The maximum atomic E-state index is 13.5. The number of ether oxygens (including phenoxy) is 2. The van der Waals surface area contributed by atoms with Crippen molar-refractivity contribution >= 4 is 21.7 Å². The second-order valence-corrected chi connectivity index (χ2v) is 14.7. The van der Waals surface area contributed by atoms with Gasteiger partial charge in [-0.3, -0.25) is 9.69 Å². The normalized spacial score (nSPS) is 21.9. The highest BCUT2D eigenvalue weighted by Gasteiger charge is 2.33. The van der Waals surface area contributed by atoms with Crippen LogP contribution in [0.2, 0.25) is 0 Å². The minimum atomic E-state index is -3.40. The number of carboxylic acids is 1. The summed E-state index contributed by atoms with van der Waals surface area (Å²) in [6, 6.07) is -1.12. The minimum absolute atomic E-state index is 0.122. The summed E-state index contributed by atoms with van der Waals surface area (Å²) in [5.41, 5.74) is 3.05. The number of hydrogen-bond donors (Lipinski definition) is 2. The first-order valence-corrected chi connectivity index (χ1v) is 18.0. The quantitative estimate of drug-likeness (QED) is 0.161. The fourth-order valence-corrected chi connectivity index (χ4v) is 6.23. The second-order valence-electron chi connectivity index (χ2n) is 12.4. The lowest BCUT2D eigenvalue weighted by atomic mass is 9.98. The highest BCUT2D eigenvalue weighted by Crippen LogP contribution is 2.26. The molecule has 2 rings (SSSR count). The van der Waals surface area contributed by atoms with Crippen molar-refractivity contribution in [2.75, 3.05) is 38.8 Å². The molecule has 1 aliphatic heterocycles. The molecule has 1 saturated carbocycles. The van der Waals surface area contributed by atoms with E-state index in [4.69, 9.17) is 9.47 Å². The molecule has 3 unspecified atom stereocenters. The lowest BCUT2D eigenvalue weighted by Crippen LogP contribution is -2.42. The summed E-state index contributed by atoms with van der Waals surface area (Å²) in [5, 5.41) is 12.2. The van der Waals surface area contributed by atoms with Gasteiger partial charge in [-0.15, -0.1) is 0 Å². The van der Waals surface area contributed by atoms with E-state index in [0.29, 0.717) is 24.8 Å². The molecule has 2 N–H and O–H groups in total. The Kier molecular flexibility index (Phi) is 16.8. The molecule has 0 aromatic heterocycles. The van der Waals surface area contributed by atoms with Gasteiger partial charge in [0.2, 0.25) is 0 Å². The molecule has 1 amide bonds. The maximum Gasteiger partial charge on any atom is 0.326 e. The van der Waals surface area contributed by atoms with Gasteiger partial charge >= 0.3 is 5.97 Å². The highest BCUT2D eigenvalue weighted by atomic mass is 32.2. The van der Waals surface area contributed by atoms with E-state index in [1.165, 1.54) is 19.3 Å². The van der Waals surface area contributed by atoms with E-state index in [2.05, 4.69) is 10.2 Å². The number of rotatable bonds is 17. The third-order valence-corrected chi connectivity index (χ3v) is 8.93. The summed E-state index contributed by atoms with van der Waals surface area (Å²) in [4.78, 5) is 27.8. The molecule has 0 radical (unpaired) electrons. The Morgan fingerprint density at radius 2 is 1.76 bits per heavy atom. The fourth-order valence-electron chi connectivity index (χ4n) is 5.57. The summed E-state index contributed by atoms with van der Waals surface area (Å²) in [5.74, 6) is -2.23. The molecule has 1 aliphatic carbocycles. The topological polar surface area (TPSA) is 122 Å². The van der Waals surface area contributed by atoms with Crippen LogP contribution in [0, 0.1) is 0 Å². The number of nitrogens with one attached hydrogen (secondary N) is 1. The Bertz CT molecular complexity index is 1270. The molecule has 1 heterocycles. The molecule has 9 nitrogen and oxygen atoms in total. The molecule has 252 valence electrons. The lowest BCUT2D eigenvalue weighted by molar-refractivity contribution is -0.141. The van der Waals surface area contributed by atoms with Crippen LogP contribution in [0.3, 0.4) is 0 Å². The second kappa shape index (κ2) is 19.7. The summed E-state index contributed by atoms with van der Waals surface area (Å²) in [7, 11) is -1.66. The predicted molar refractivity (Wildman–Crippen MR) is 181 cm³/mol. The lowest BCUT2D eigenvalue weighted by Gasteiger charge is -2.28. The molecule has 0 aromatic rings. The number of sulfone groups is 1. The van der Waals surface area contributed by atoms with E-state index in [1.54, 1.807) is 26.2 Å². The first kappa shape index (κ1) is 38.4. The van der Waals surface area contributed by atoms with Gasteiger partial charge in [-0.25, -0.2) is 13.2 Å². The number of likely N-dealkylation sites (tertiary alicyclic amines) is 1. The van der Waals surface area contributed by atoms with Crippen LogP contribution in [0.15, 0.2) is 70.9 Å². The van der Waals surface area contributed by atoms with Crippen LogP contribution in [0.4, 0.5) is 0 Å². The van der Waals surface area contributed by atoms with Gasteiger partial charge in [0, 0.05) is 38.1 Å². The molecular formula is C35H54N2O7S. The molecule has 10 heteroatoms. The zero-order valence-electron chi connectivity index (χ0n) is 28.0. The van der Waals surface area contributed by atoms with E-state index in [9.17, 15) is 23.1 Å². The molecule has 2 aliphatic rings. The van der Waals surface area contributed by atoms with Crippen molar-refractivity contribution in [1.82, 2.24) is 10.2 Å². The van der Waals surface area contributed by atoms with Gasteiger partial charge in [0.15, 0.2) is 0 Å². The average molecular weight is 647 g/mol. The van der Waals surface area contributed by atoms with Gasteiger partial charge < -0.3 is 19.9 Å². The molecule has 0 spiro atoms. The molecular weight excluding hydrogens is 592 g/mol. The Hall–Kier alpha value is -2.79. The number of carbonyl (C=O) groups excluding carboxylic acids is 1. The van der Waals surface area contributed by atoms with Gasteiger partial charge in [0.1, 0.15) is 15.9 Å². The van der Waals surface area contributed by atoms with Crippen LogP contribution in [0.5, 0.6) is 0 Å². The number of amides is 1. The minimum Gasteiger partial charge on any atom is -0.480 e. The molecule has 45 heavy (non-hydrogen) atoms. The highest BCUT2D eigenvalue weighted by molar-refractivity contribution is 7.90. The molecule has 0 aromatic carbocycles. The van der Waals surface area contributed by atoms with Crippen molar-refractivity contribution in [3.8, 4) is 0 Å². The van der Waals surface area contributed by atoms with Gasteiger partial charge in [0.25, 0.3) is 5.91 Å². The van der Waals surface area contributed by atoms with Crippen molar-refractivity contribution < 1.29 is 32.6 Å². The van der Waals surface area contributed by atoms with Crippen LogP contribution in [-0.2, 0) is 28.9 Å². The number of carboxylic acid groups (broad SMARTS) is 1.